The van der Waals surface area contributed by atoms with E-state index in [2.05, 4.69) is 15.5 Å². The summed E-state index contributed by atoms with van der Waals surface area (Å²) in [6.07, 6.45) is 0.509. The van der Waals surface area contributed by atoms with Gasteiger partial charge in [0.25, 0.3) is 5.91 Å². The average Bonchev–Trinajstić information content (AvgIpc) is 3.02. The summed E-state index contributed by atoms with van der Waals surface area (Å²) in [6.45, 7) is 1.69. The lowest BCUT2D eigenvalue weighted by molar-refractivity contribution is 0.0929. The minimum absolute atomic E-state index is 0.327. The third-order valence-corrected chi connectivity index (χ3v) is 3.53. The maximum Gasteiger partial charge on any atom is 0.251 e. The molecule has 3 aromatic rings. The van der Waals surface area contributed by atoms with Crippen LogP contribution in [0.5, 0.6) is 0 Å². The quantitative estimate of drug-likeness (QED) is 0.782. The average molecular weight is 325 g/mol. The van der Waals surface area contributed by atoms with Gasteiger partial charge in [0, 0.05) is 18.9 Å². The lowest BCUT2D eigenvalue weighted by Gasteiger charge is -2.15. The lowest BCUT2D eigenvalue weighted by atomic mass is 10.1. The Morgan fingerprint density at radius 3 is 2.46 bits per heavy atom. The predicted molar refractivity (Wildman–Crippen MR) is 85.8 cm³/mol. The van der Waals surface area contributed by atoms with Crippen molar-refractivity contribution in [1.82, 2.24) is 15.5 Å². The molecule has 0 radical (unpaired) electrons. The van der Waals surface area contributed by atoms with E-state index in [1.54, 1.807) is 6.92 Å². The fourth-order valence-electron chi connectivity index (χ4n) is 2.35. The maximum absolute atomic E-state index is 13.0. The third kappa shape index (κ3) is 3.84. The zero-order chi connectivity index (χ0) is 16.9. The molecule has 0 spiro atoms. The highest BCUT2D eigenvalue weighted by atomic mass is 19.1. The number of carbonyl (C=O) groups is 1. The van der Waals surface area contributed by atoms with Gasteiger partial charge in [0.1, 0.15) is 11.9 Å². The zero-order valence-corrected chi connectivity index (χ0v) is 13.1. The highest BCUT2D eigenvalue weighted by Gasteiger charge is 2.21. The number of hydrogen-bond donors (Lipinski definition) is 1. The van der Waals surface area contributed by atoms with Crippen LogP contribution >= 0.6 is 0 Å². The number of aryl methyl sites for hydroxylation is 1. The Kier molecular flexibility index (Phi) is 4.65. The minimum Gasteiger partial charge on any atom is -0.423 e. The molecule has 0 aliphatic carbocycles. The van der Waals surface area contributed by atoms with Gasteiger partial charge in [-0.1, -0.05) is 30.3 Å². The van der Waals surface area contributed by atoms with Crippen LogP contribution in [0.15, 0.2) is 59.0 Å². The maximum atomic E-state index is 13.0. The normalized spacial score (nSPS) is 11.9. The Morgan fingerprint density at radius 1 is 1.12 bits per heavy atom. The molecule has 5 nitrogen and oxygen atoms in total. The van der Waals surface area contributed by atoms with Crippen molar-refractivity contribution in [3.63, 3.8) is 0 Å². The Hall–Kier alpha value is -3.02. The van der Waals surface area contributed by atoms with Gasteiger partial charge in [0.15, 0.2) is 0 Å². The fraction of sp³-hybridized carbons (Fsp3) is 0.167. The van der Waals surface area contributed by atoms with Crippen LogP contribution in [-0.2, 0) is 6.42 Å². The van der Waals surface area contributed by atoms with Gasteiger partial charge in [-0.25, -0.2) is 4.39 Å². The minimum atomic E-state index is -0.467. The summed E-state index contributed by atoms with van der Waals surface area (Å²) >= 11 is 0. The molecule has 0 fully saturated rings. The first-order valence-corrected chi connectivity index (χ1v) is 7.52. The van der Waals surface area contributed by atoms with E-state index in [1.807, 2.05) is 30.3 Å². The number of hydrogen-bond acceptors (Lipinski definition) is 4. The van der Waals surface area contributed by atoms with Crippen LogP contribution in [0.4, 0.5) is 4.39 Å². The van der Waals surface area contributed by atoms with E-state index in [0.717, 1.165) is 5.56 Å². The molecule has 1 atom stereocenters. The number of amides is 1. The van der Waals surface area contributed by atoms with E-state index in [4.69, 9.17) is 4.42 Å². The Morgan fingerprint density at radius 2 is 1.83 bits per heavy atom. The molecule has 0 saturated carbocycles. The SMILES string of the molecule is Cc1nnc(C(Cc2ccccc2)NC(=O)c2ccc(F)cc2)o1. The van der Waals surface area contributed by atoms with Crippen molar-refractivity contribution in [2.24, 2.45) is 0 Å². The molecule has 6 heteroatoms. The van der Waals surface area contributed by atoms with Crippen LogP contribution in [0.1, 0.15) is 33.7 Å². The van der Waals surface area contributed by atoms with Crippen molar-refractivity contribution in [1.29, 1.82) is 0 Å². The number of nitrogens with one attached hydrogen (secondary N) is 1. The summed E-state index contributed by atoms with van der Waals surface area (Å²) in [7, 11) is 0. The molecular formula is C18H16FN3O2. The van der Waals surface area contributed by atoms with Gasteiger partial charge in [-0.3, -0.25) is 4.79 Å². The van der Waals surface area contributed by atoms with E-state index in [1.165, 1.54) is 24.3 Å². The van der Waals surface area contributed by atoms with Crippen molar-refractivity contribution < 1.29 is 13.6 Å². The molecule has 3 rings (SSSR count). The van der Waals surface area contributed by atoms with Crippen molar-refractivity contribution >= 4 is 5.91 Å². The number of aromatic nitrogens is 2. The van der Waals surface area contributed by atoms with Crippen molar-refractivity contribution in [3.05, 3.63) is 83.3 Å². The highest BCUT2D eigenvalue weighted by molar-refractivity contribution is 5.94. The second-order valence-electron chi connectivity index (χ2n) is 5.38. The van der Waals surface area contributed by atoms with Crippen LogP contribution < -0.4 is 5.32 Å². The largest absolute Gasteiger partial charge is 0.423 e. The number of carbonyl (C=O) groups excluding carboxylic acids is 1. The first kappa shape index (κ1) is 15.9. The summed E-state index contributed by atoms with van der Waals surface area (Å²) in [6, 6.07) is 14.6. The van der Waals surface area contributed by atoms with E-state index < -0.39 is 6.04 Å². The molecule has 0 saturated heterocycles. The molecule has 1 amide bonds. The Bertz CT molecular complexity index is 816. The van der Waals surface area contributed by atoms with E-state index in [-0.39, 0.29) is 11.7 Å². The molecule has 1 heterocycles. The second-order valence-corrected chi connectivity index (χ2v) is 5.38. The Labute approximate surface area is 138 Å². The summed E-state index contributed by atoms with van der Waals surface area (Å²) in [5.74, 6) is 0.0533. The molecule has 0 aliphatic heterocycles. The molecule has 0 bridgehead atoms. The standard InChI is InChI=1S/C18H16FN3O2/c1-12-21-22-18(24-12)16(11-13-5-3-2-4-6-13)20-17(23)14-7-9-15(19)10-8-14/h2-10,16H,11H2,1H3,(H,20,23). The van der Waals surface area contributed by atoms with E-state index >= 15 is 0 Å². The molecule has 24 heavy (non-hydrogen) atoms. The monoisotopic (exact) mass is 325 g/mol. The second kappa shape index (κ2) is 7.04. The number of rotatable bonds is 5. The van der Waals surface area contributed by atoms with Gasteiger partial charge < -0.3 is 9.73 Å². The van der Waals surface area contributed by atoms with Gasteiger partial charge in [-0.05, 0) is 29.8 Å². The van der Waals surface area contributed by atoms with Gasteiger partial charge in [-0.2, -0.15) is 0 Å². The van der Waals surface area contributed by atoms with Crippen molar-refractivity contribution in [2.75, 3.05) is 0 Å². The molecule has 2 aromatic carbocycles. The molecule has 1 aromatic heterocycles. The first-order chi connectivity index (χ1) is 11.6. The zero-order valence-electron chi connectivity index (χ0n) is 13.1. The molecule has 1 unspecified atom stereocenters. The predicted octanol–water partition coefficient (Wildman–Crippen LogP) is 3.23. The van der Waals surface area contributed by atoms with Crippen molar-refractivity contribution in [2.45, 2.75) is 19.4 Å². The summed E-state index contributed by atoms with van der Waals surface area (Å²) in [5.41, 5.74) is 1.39. The van der Waals surface area contributed by atoms with Crippen LogP contribution in [-0.4, -0.2) is 16.1 Å². The van der Waals surface area contributed by atoms with Crippen molar-refractivity contribution in [3.8, 4) is 0 Å². The number of nitrogens with zero attached hydrogens (tertiary/aromatic N) is 2. The van der Waals surface area contributed by atoms with Gasteiger partial charge >= 0.3 is 0 Å². The van der Waals surface area contributed by atoms with Gasteiger partial charge in [-0.15, -0.1) is 10.2 Å². The molecular weight excluding hydrogens is 309 g/mol. The summed E-state index contributed by atoms with van der Waals surface area (Å²) < 4.78 is 18.5. The van der Waals surface area contributed by atoms with Crippen LogP contribution in [0.25, 0.3) is 0 Å². The first-order valence-electron chi connectivity index (χ1n) is 7.52. The van der Waals surface area contributed by atoms with E-state index in [9.17, 15) is 9.18 Å². The van der Waals surface area contributed by atoms with E-state index in [0.29, 0.717) is 23.8 Å². The van der Waals surface area contributed by atoms with Crippen LogP contribution in [0.3, 0.4) is 0 Å². The number of benzene rings is 2. The van der Waals surface area contributed by atoms with Crippen LogP contribution in [0.2, 0.25) is 0 Å². The summed E-state index contributed by atoms with van der Waals surface area (Å²) in [5, 5.41) is 10.7. The smallest absolute Gasteiger partial charge is 0.251 e. The van der Waals surface area contributed by atoms with Gasteiger partial charge in [0.2, 0.25) is 11.8 Å². The lowest BCUT2D eigenvalue weighted by Crippen LogP contribution is -2.30. The van der Waals surface area contributed by atoms with Crippen LogP contribution in [0, 0.1) is 12.7 Å². The molecule has 1 N–H and O–H groups in total. The molecule has 122 valence electrons. The fourth-order valence-corrected chi connectivity index (χ4v) is 2.35. The topological polar surface area (TPSA) is 68.0 Å². The Balaban J connectivity index is 1.81. The third-order valence-electron chi connectivity index (χ3n) is 3.53. The summed E-state index contributed by atoms with van der Waals surface area (Å²) in [4.78, 5) is 12.4. The highest BCUT2D eigenvalue weighted by Crippen LogP contribution is 2.18. The van der Waals surface area contributed by atoms with Gasteiger partial charge in [0.05, 0.1) is 0 Å². The molecule has 0 aliphatic rings. The number of halogens is 1.